The topological polar surface area (TPSA) is 49.8 Å². The third-order valence-electron chi connectivity index (χ3n) is 2.78. The predicted molar refractivity (Wildman–Crippen MR) is 74.8 cm³/mol. The van der Waals surface area contributed by atoms with Gasteiger partial charge in [0.2, 0.25) is 5.95 Å². The molecule has 2 rings (SSSR count). The summed E-state index contributed by atoms with van der Waals surface area (Å²) < 4.78 is 0. The Morgan fingerprint density at radius 1 is 1.11 bits per heavy atom. The van der Waals surface area contributed by atoms with Crippen molar-refractivity contribution in [1.29, 1.82) is 0 Å². The average Bonchev–Trinajstić information content (AvgIpc) is 2.40. The second kappa shape index (κ2) is 5.49. The van der Waals surface area contributed by atoms with E-state index in [4.69, 9.17) is 0 Å². The molecule has 0 unspecified atom stereocenters. The highest BCUT2D eigenvalue weighted by Crippen LogP contribution is 2.13. The number of anilines is 2. The smallest absolute Gasteiger partial charge is 0.224 e. The first-order valence-electron chi connectivity index (χ1n) is 6.00. The zero-order valence-corrected chi connectivity index (χ0v) is 11.0. The molecule has 0 aliphatic heterocycles. The van der Waals surface area contributed by atoms with E-state index >= 15 is 0 Å². The highest BCUT2D eigenvalue weighted by atomic mass is 15.1. The molecule has 0 aliphatic rings. The standard InChI is InChI=1S/C14H18N4/c1-10-4-6-12(7-5-10)9-16-13-11(2)8-17-14(15-3)18-13/h4-8H,9H2,1-3H3,(H2,15,16,17,18). The summed E-state index contributed by atoms with van der Waals surface area (Å²) >= 11 is 0. The molecular formula is C14H18N4. The van der Waals surface area contributed by atoms with Crippen LogP contribution >= 0.6 is 0 Å². The SMILES string of the molecule is CNc1ncc(C)c(NCc2ccc(C)cc2)n1. The molecule has 4 nitrogen and oxygen atoms in total. The first-order chi connectivity index (χ1) is 8.69. The number of rotatable bonds is 4. The molecule has 0 bridgehead atoms. The molecule has 0 saturated heterocycles. The van der Waals surface area contributed by atoms with Gasteiger partial charge in [0.15, 0.2) is 0 Å². The summed E-state index contributed by atoms with van der Waals surface area (Å²) in [6, 6.07) is 8.47. The predicted octanol–water partition coefficient (Wildman–Crippen LogP) is 2.75. The van der Waals surface area contributed by atoms with E-state index in [1.165, 1.54) is 11.1 Å². The Labute approximate surface area is 107 Å². The van der Waals surface area contributed by atoms with Gasteiger partial charge >= 0.3 is 0 Å². The zero-order valence-electron chi connectivity index (χ0n) is 11.0. The minimum absolute atomic E-state index is 0.631. The number of nitrogens with one attached hydrogen (secondary N) is 2. The van der Waals surface area contributed by atoms with E-state index < -0.39 is 0 Å². The van der Waals surface area contributed by atoms with E-state index in [1.54, 1.807) is 0 Å². The Bertz CT molecular complexity index is 520. The fourth-order valence-electron chi connectivity index (χ4n) is 1.63. The van der Waals surface area contributed by atoms with Gasteiger partial charge in [-0.25, -0.2) is 4.98 Å². The number of nitrogens with zero attached hydrogens (tertiary/aromatic N) is 2. The lowest BCUT2D eigenvalue weighted by Gasteiger charge is -2.09. The van der Waals surface area contributed by atoms with Crippen molar-refractivity contribution in [3.63, 3.8) is 0 Å². The largest absolute Gasteiger partial charge is 0.366 e. The fraction of sp³-hybridized carbons (Fsp3) is 0.286. The molecule has 1 heterocycles. The summed E-state index contributed by atoms with van der Waals surface area (Å²) in [5.41, 5.74) is 3.56. The summed E-state index contributed by atoms with van der Waals surface area (Å²) in [7, 11) is 1.81. The molecule has 0 aliphatic carbocycles. The van der Waals surface area contributed by atoms with Crippen LogP contribution in [0.4, 0.5) is 11.8 Å². The molecule has 2 aromatic rings. The molecule has 4 heteroatoms. The van der Waals surface area contributed by atoms with Gasteiger partial charge < -0.3 is 10.6 Å². The van der Waals surface area contributed by atoms with Crippen molar-refractivity contribution in [1.82, 2.24) is 9.97 Å². The van der Waals surface area contributed by atoms with Crippen LogP contribution in [0.2, 0.25) is 0 Å². The van der Waals surface area contributed by atoms with Gasteiger partial charge in [0, 0.05) is 25.4 Å². The molecule has 2 N–H and O–H groups in total. The molecule has 94 valence electrons. The highest BCUT2D eigenvalue weighted by molar-refractivity contribution is 5.46. The van der Waals surface area contributed by atoms with Crippen molar-refractivity contribution in [3.8, 4) is 0 Å². The number of aryl methyl sites for hydroxylation is 2. The number of benzene rings is 1. The second-order valence-corrected chi connectivity index (χ2v) is 4.31. The molecule has 0 fully saturated rings. The van der Waals surface area contributed by atoms with E-state index in [9.17, 15) is 0 Å². The average molecular weight is 242 g/mol. The van der Waals surface area contributed by atoms with Gasteiger partial charge in [-0.05, 0) is 19.4 Å². The van der Waals surface area contributed by atoms with Crippen molar-refractivity contribution in [2.24, 2.45) is 0 Å². The van der Waals surface area contributed by atoms with E-state index in [1.807, 2.05) is 20.2 Å². The minimum Gasteiger partial charge on any atom is -0.366 e. The van der Waals surface area contributed by atoms with Crippen molar-refractivity contribution in [2.75, 3.05) is 17.7 Å². The highest BCUT2D eigenvalue weighted by Gasteiger charge is 2.02. The first kappa shape index (κ1) is 12.4. The van der Waals surface area contributed by atoms with E-state index in [2.05, 4.69) is 51.8 Å². The molecule has 0 radical (unpaired) electrons. The van der Waals surface area contributed by atoms with Gasteiger partial charge in [-0.2, -0.15) is 4.98 Å². The third kappa shape index (κ3) is 2.97. The molecule has 0 saturated carbocycles. The van der Waals surface area contributed by atoms with E-state index in [0.29, 0.717) is 5.95 Å². The van der Waals surface area contributed by atoms with Crippen LogP contribution in [0, 0.1) is 13.8 Å². The van der Waals surface area contributed by atoms with Crippen molar-refractivity contribution < 1.29 is 0 Å². The Balaban J connectivity index is 2.07. The molecular weight excluding hydrogens is 224 g/mol. The fourth-order valence-corrected chi connectivity index (χ4v) is 1.63. The minimum atomic E-state index is 0.631. The number of aromatic nitrogens is 2. The van der Waals surface area contributed by atoms with Crippen LogP contribution in [0.3, 0.4) is 0 Å². The van der Waals surface area contributed by atoms with Gasteiger partial charge in [0.1, 0.15) is 5.82 Å². The zero-order chi connectivity index (χ0) is 13.0. The summed E-state index contributed by atoms with van der Waals surface area (Å²) in [4.78, 5) is 8.55. The second-order valence-electron chi connectivity index (χ2n) is 4.31. The van der Waals surface area contributed by atoms with Crippen LogP contribution in [0.15, 0.2) is 30.5 Å². The Morgan fingerprint density at radius 3 is 2.50 bits per heavy atom. The first-order valence-corrected chi connectivity index (χ1v) is 6.00. The van der Waals surface area contributed by atoms with Crippen LogP contribution in [0.5, 0.6) is 0 Å². The number of hydrogen-bond donors (Lipinski definition) is 2. The lowest BCUT2D eigenvalue weighted by molar-refractivity contribution is 1.06. The molecule has 18 heavy (non-hydrogen) atoms. The Morgan fingerprint density at radius 2 is 1.83 bits per heavy atom. The van der Waals surface area contributed by atoms with Crippen LogP contribution in [0.1, 0.15) is 16.7 Å². The normalized spacial score (nSPS) is 10.2. The van der Waals surface area contributed by atoms with Crippen LogP contribution < -0.4 is 10.6 Å². The van der Waals surface area contributed by atoms with Gasteiger partial charge in [-0.3, -0.25) is 0 Å². The summed E-state index contributed by atoms with van der Waals surface area (Å²) in [5.74, 6) is 1.50. The van der Waals surface area contributed by atoms with Crippen LogP contribution in [-0.4, -0.2) is 17.0 Å². The molecule has 1 aromatic carbocycles. The van der Waals surface area contributed by atoms with Crippen molar-refractivity contribution in [2.45, 2.75) is 20.4 Å². The molecule has 0 amide bonds. The maximum absolute atomic E-state index is 4.39. The monoisotopic (exact) mass is 242 g/mol. The van der Waals surface area contributed by atoms with Crippen molar-refractivity contribution in [3.05, 3.63) is 47.2 Å². The quantitative estimate of drug-likeness (QED) is 0.865. The lowest BCUT2D eigenvalue weighted by atomic mass is 10.1. The summed E-state index contributed by atoms with van der Waals surface area (Å²) in [5, 5.41) is 6.27. The molecule has 0 atom stereocenters. The summed E-state index contributed by atoms with van der Waals surface area (Å²) in [6.45, 7) is 4.85. The maximum atomic E-state index is 4.39. The van der Waals surface area contributed by atoms with Gasteiger partial charge in [0.05, 0.1) is 0 Å². The molecule has 1 aromatic heterocycles. The lowest BCUT2D eigenvalue weighted by Crippen LogP contribution is -2.06. The third-order valence-corrected chi connectivity index (χ3v) is 2.78. The maximum Gasteiger partial charge on any atom is 0.224 e. The Kier molecular flexibility index (Phi) is 3.77. The van der Waals surface area contributed by atoms with Gasteiger partial charge in [-0.15, -0.1) is 0 Å². The number of hydrogen-bond acceptors (Lipinski definition) is 4. The summed E-state index contributed by atoms with van der Waals surface area (Å²) in [6.07, 6.45) is 1.82. The molecule has 0 spiro atoms. The Hall–Kier alpha value is -2.10. The van der Waals surface area contributed by atoms with Crippen LogP contribution in [0.25, 0.3) is 0 Å². The van der Waals surface area contributed by atoms with Crippen molar-refractivity contribution >= 4 is 11.8 Å². The van der Waals surface area contributed by atoms with E-state index in [-0.39, 0.29) is 0 Å². The van der Waals surface area contributed by atoms with Gasteiger partial charge in [0.25, 0.3) is 0 Å². The van der Waals surface area contributed by atoms with E-state index in [0.717, 1.165) is 17.9 Å². The van der Waals surface area contributed by atoms with Gasteiger partial charge in [-0.1, -0.05) is 29.8 Å². The van der Waals surface area contributed by atoms with Crippen LogP contribution in [-0.2, 0) is 6.54 Å².